The summed E-state index contributed by atoms with van der Waals surface area (Å²) in [6.07, 6.45) is 4.31. The fourth-order valence-electron chi connectivity index (χ4n) is 7.42. The summed E-state index contributed by atoms with van der Waals surface area (Å²) in [5.41, 5.74) is 4.26. The number of nitrogens with zero attached hydrogens (tertiary/aromatic N) is 4. The van der Waals surface area contributed by atoms with Crippen molar-refractivity contribution < 1.29 is 14.4 Å². The Balaban J connectivity index is 1.40. The SMILES string of the molecule is CC(C)N(CCN(C)C)C(=O)NC(C(=O)N1CCC2(CC1)C[C@@H](C(=O)N(C)C)c1ccccc12)[C@H](C)c1c[nH]c2ccccc12. The fraction of sp³-hybridized carbons (Fsp3) is 0.528. The van der Waals surface area contributed by atoms with E-state index in [1.165, 1.54) is 5.56 Å². The number of benzene rings is 2. The van der Waals surface area contributed by atoms with Crippen LogP contribution < -0.4 is 5.32 Å². The second kappa shape index (κ2) is 13.3. The zero-order valence-corrected chi connectivity index (χ0v) is 28.0. The summed E-state index contributed by atoms with van der Waals surface area (Å²) in [5, 5.41) is 4.25. The molecule has 2 aliphatic rings. The lowest BCUT2D eigenvalue weighted by molar-refractivity contribution is -0.136. The minimum absolute atomic E-state index is 0.0146. The summed E-state index contributed by atoms with van der Waals surface area (Å²) in [5.74, 6) is -0.334. The number of nitrogens with one attached hydrogen (secondary N) is 2. The molecule has 1 saturated heterocycles. The van der Waals surface area contributed by atoms with Crippen LogP contribution in [0.4, 0.5) is 4.79 Å². The molecule has 1 fully saturated rings. The van der Waals surface area contributed by atoms with E-state index >= 15 is 0 Å². The number of carbonyl (C=O) groups is 3. The van der Waals surface area contributed by atoms with E-state index in [0.29, 0.717) is 19.6 Å². The molecule has 4 amide bonds. The maximum Gasteiger partial charge on any atom is 0.318 e. The first kappa shape index (κ1) is 32.5. The van der Waals surface area contributed by atoms with E-state index in [1.807, 2.05) is 89.2 Å². The molecule has 3 atom stereocenters. The van der Waals surface area contributed by atoms with Gasteiger partial charge in [-0.2, -0.15) is 0 Å². The fourth-order valence-corrected chi connectivity index (χ4v) is 7.42. The molecule has 2 heterocycles. The largest absolute Gasteiger partial charge is 0.361 e. The molecule has 9 heteroatoms. The molecule has 5 rings (SSSR count). The van der Waals surface area contributed by atoms with Gasteiger partial charge in [0, 0.05) is 74.7 Å². The molecule has 1 aliphatic carbocycles. The summed E-state index contributed by atoms with van der Waals surface area (Å²) in [6.45, 7) is 8.51. The van der Waals surface area contributed by atoms with Crippen LogP contribution in [0.1, 0.15) is 68.6 Å². The lowest BCUT2D eigenvalue weighted by Gasteiger charge is -2.42. The van der Waals surface area contributed by atoms with Crippen molar-refractivity contribution in [2.45, 2.75) is 69.4 Å². The van der Waals surface area contributed by atoms with Gasteiger partial charge in [0.25, 0.3) is 0 Å². The van der Waals surface area contributed by atoms with Gasteiger partial charge in [0.05, 0.1) is 5.92 Å². The van der Waals surface area contributed by atoms with Crippen LogP contribution >= 0.6 is 0 Å². The third-order valence-corrected chi connectivity index (χ3v) is 10.1. The Morgan fingerprint density at radius 3 is 2.29 bits per heavy atom. The van der Waals surface area contributed by atoms with Gasteiger partial charge in [0.15, 0.2) is 0 Å². The number of urea groups is 1. The van der Waals surface area contributed by atoms with Crippen LogP contribution in [-0.2, 0) is 15.0 Å². The van der Waals surface area contributed by atoms with Crippen LogP contribution in [0, 0.1) is 0 Å². The number of likely N-dealkylation sites (N-methyl/N-ethyl adjacent to an activating group) is 2. The first-order valence-electron chi connectivity index (χ1n) is 16.3. The molecule has 1 spiro atoms. The topological polar surface area (TPSA) is 92.0 Å². The van der Waals surface area contributed by atoms with Gasteiger partial charge < -0.3 is 29.9 Å². The van der Waals surface area contributed by atoms with E-state index in [4.69, 9.17) is 0 Å². The highest BCUT2D eigenvalue weighted by Gasteiger charge is 2.49. The van der Waals surface area contributed by atoms with Gasteiger partial charge in [-0.15, -0.1) is 0 Å². The zero-order valence-electron chi connectivity index (χ0n) is 28.0. The molecule has 0 saturated carbocycles. The van der Waals surface area contributed by atoms with E-state index in [0.717, 1.165) is 47.8 Å². The Labute approximate surface area is 267 Å². The predicted molar refractivity (Wildman–Crippen MR) is 179 cm³/mol. The van der Waals surface area contributed by atoms with Gasteiger partial charge in [-0.25, -0.2) is 4.79 Å². The highest BCUT2D eigenvalue weighted by Crippen LogP contribution is 2.52. The van der Waals surface area contributed by atoms with Crippen molar-refractivity contribution in [3.05, 3.63) is 71.4 Å². The van der Waals surface area contributed by atoms with Gasteiger partial charge in [0.2, 0.25) is 11.8 Å². The number of piperidine rings is 1. The third-order valence-electron chi connectivity index (χ3n) is 10.1. The number of para-hydroxylation sites is 1. The molecular formula is C36H50N6O3. The maximum atomic E-state index is 14.5. The van der Waals surface area contributed by atoms with Crippen LogP contribution in [0.5, 0.6) is 0 Å². The number of aromatic nitrogens is 1. The van der Waals surface area contributed by atoms with Gasteiger partial charge in [-0.05, 0) is 70.0 Å². The van der Waals surface area contributed by atoms with Crippen LogP contribution in [0.2, 0.25) is 0 Å². The minimum Gasteiger partial charge on any atom is -0.361 e. The molecule has 0 radical (unpaired) electrons. The van der Waals surface area contributed by atoms with Crippen molar-refractivity contribution in [2.75, 3.05) is 54.4 Å². The van der Waals surface area contributed by atoms with Gasteiger partial charge in [-0.3, -0.25) is 9.59 Å². The van der Waals surface area contributed by atoms with Crippen molar-refractivity contribution in [3.63, 3.8) is 0 Å². The standard InChI is InChI=1S/C36H50N6O3/c1-24(2)42(21-20-39(4)5)35(45)38-32(25(3)29-23-37-31-15-11-9-13-27(29)31)34(44)41-18-16-36(17-19-41)22-28(33(43)40(6)7)26-12-8-10-14-30(26)36/h8-15,23-25,28,32,37H,16-22H2,1-7H3,(H,38,45)/t25-,28-,32?/m1/s1. The number of amides is 4. The summed E-state index contributed by atoms with van der Waals surface area (Å²) >= 11 is 0. The number of aromatic amines is 1. The molecule has 0 bridgehead atoms. The summed E-state index contributed by atoms with van der Waals surface area (Å²) < 4.78 is 0. The molecule has 9 nitrogen and oxygen atoms in total. The molecule has 1 unspecified atom stereocenters. The second-order valence-corrected chi connectivity index (χ2v) is 13.8. The van der Waals surface area contributed by atoms with Gasteiger partial charge in [0.1, 0.15) is 6.04 Å². The Morgan fingerprint density at radius 1 is 0.956 bits per heavy atom. The molecule has 242 valence electrons. The average molecular weight is 615 g/mol. The van der Waals surface area contributed by atoms with Crippen molar-refractivity contribution >= 4 is 28.7 Å². The van der Waals surface area contributed by atoms with Crippen LogP contribution in [0.3, 0.4) is 0 Å². The van der Waals surface area contributed by atoms with Crippen molar-refractivity contribution in [1.29, 1.82) is 0 Å². The maximum absolute atomic E-state index is 14.5. The van der Waals surface area contributed by atoms with Crippen LogP contribution in [0.15, 0.2) is 54.7 Å². The van der Waals surface area contributed by atoms with E-state index in [9.17, 15) is 14.4 Å². The third kappa shape index (κ3) is 6.45. The Kier molecular flexibility index (Phi) is 9.58. The molecule has 3 aromatic rings. The molecule has 2 aromatic carbocycles. The van der Waals surface area contributed by atoms with Crippen molar-refractivity contribution in [3.8, 4) is 0 Å². The lowest BCUT2D eigenvalue weighted by Crippen LogP contribution is -2.57. The Hall–Kier alpha value is -3.85. The Bertz CT molecular complexity index is 1520. The molecule has 2 N–H and O–H groups in total. The van der Waals surface area contributed by atoms with Gasteiger partial charge >= 0.3 is 6.03 Å². The predicted octanol–water partition coefficient (Wildman–Crippen LogP) is 4.76. The quantitative estimate of drug-likeness (QED) is 0.364. The van der Waals surface area contributed by atoms with Crippen LogP contribution in [0.25, 0.3) is 10.9 Å². The summed E-state index contributed by atoms with van der Waals surface area (Å²) in [6, 6.07) is 15.5. The molecular weight excluding hydrogens is 564 g/mol. The lowest BCUT2D eigenvalue weighted by atomic mass is 9.73. The monoisotopic (exact) mass is 614 g/mol. The highest BCUT2D eigenvalue weighted by molar-refractivity contribution is 5.91. The van der Waals surface area contributed by atoms with E-state index in [-0.39, 0.29) is 41.1 Å². The molecule has 1 aliphatic heterocycles. The zero-order chi connectivity index (χ0) is 32.5. The number of rotatable bonds is 9. The second-order valence-electron chi connectivity index (χ2n) is 13.8. The van der Waals surface area contributed by atoms with Crippen LogP contribution in [-0.4, -0.2) is 109 Å². The minimum atomic E-state index is -0.731. The van der Waals surface area contributed by atoms with Crippen molar-refractivity contribution in [2.24, 2.45) is 0 Å². The van der Waals surface area contributed by atoms with Gasteiger partial charge in [-0.1, -0.05) is 49.4 Å². The Morgan fingerprint density at radius 2 is 1.62 bits per heavy atom. The number of fused-ring (bicyclic) bond motifs is 3. The molecule has 45 heavy (non-hydrogen) atoms. The van der Waals surface area contributed by atoms with E-state index in [1.54, 1.807) is 4.90 Å². The summed E-state index contributed by atoms with van der Waals surface area (Å²) in [4.78, 5) is 52.3. The first-order valence-corrected chi connectivity index (χ1v) is 16.3. The number of hydrogen-bond acceptors (Lipinski definition) is 4. The van der Waals surface area contributed by atoms with Crippen molar-refractivity contribution in [1.82, 2.24) is 29.9 Å². The van der Waals surface area contributed by atoms with E-state index < -0.39 is 6.04 Å². The number of carbonyl (C=O) groups excluding carboxylic acids is 3. The average Bonchev–Trinajstić information content (AvgIpc) is 3.59. The van der Waals surface area contributed by atoms with E-state index in [2.05, 4.69) is 39.5 Å². The number of hydrogen-bond donors (Lipinski definition) is 2. The first-order chi connectivity index (χ1) is 21.4. The smallest absolute Gasteiger partial charge is 0.318 e. The molecule has 1 aromatic heterocycles. The number of H-pyrrole nitrogens is 1. The summed E-state index contributed by atoms with van der Waals surface area (Å²) in [7, 11) is 7.63. The normalized spacial score (nSPS) is 18.7. The highest BCUT2D eigenvalue weighted by atomic mass is 16.2. The number of likely N-dealkylation sites (tertiary alicyclic amines) is 1.